The lowest BCUT2D eigenvalue weighted by Gasteiger charge is -2.21. The SMILES string of the molecule is Cn1c(N2CC[C@H](Nc3ccc(F)cc3)C2)nc(-c2ccncc2)cc1=O. The minimum absolute atomic E-state index is 0.0956. The summed E-state index contributed by atoms with van der Waals surface area (Å²) in [6, 6.07) is 11.8. The lowest BCUT2D eigenvalue weighted by atomic mass is 10.2. The van der Waals surface area contributed by atoms with Crippen LogP contribution in [0.25, 0.3) is 11.3 Å². The Bertz CT molecular complexity index is 988. The van der Waals surface area contributed by atoms with E-state index in [1.165, 1.54) is 12.1 Å². The Morgan fingerprint density at radius 3 is 2.63 bits per heavy atom. The number of halogens is 1. The third-order valence-corrected chi connectivity index (χ3v) is 4.77. The molecule has 1 aliphatic rings. The number of benzene rings is 1. The predicted octanol–water partition coefficient (Wildman–Crippen LogP) is 2.67. The standard InChI is InChI=1S/C20H20FN5O/c1-25-19(27)12-18(14-6-9-22-10-7-14)24-20(25)26-11-8-17(13-26)23-16-4-2-15(21)3-5-16/h2-7,9-10,12,17,23H,8,11,13H2,1H3/t17-/m0/s1. The molecule has 0 radical (unpaired) electrons. The molecule has 1 fully saturated rings. The van der Waals surface area contributed by atoms with Gasteiger partial charge in [-0.05, 0) is 42.8 Å². The normalized spacial score (nSPS) is 16.5. The van der Waals surface area contributed by atoms with Crippen LogP contribution in [0, 0.1) is 5.82 Å². The third-order valence-electron chi connectivity index (χ3n) is 4.77. The van der Waals surface area contributed by atoms with E-state index < -0.39 is 0 Å². The molecule has 0 unspecified atom stereocenters. The number of hydrogen-bond acceptors (Lipinski definition) is 5. The van der Waals surface area contributed by atoms with Gasteiger partial charge in [0.25, 0.3) is 5.56 Å². The Labute approximate surface area is 156 Å². The first-order chi connectivity index (χ1) is 13.1. The minimum Gasteiger partial charge on any atom is -0.380 e. The molecule has 1 atom stereocenters. The molecular formula is C20H20FN5O. The van der Waals surface area contributed by atoms with Gasteiger partial charge in [-0.25, -0.2) is 9.37 Å². The molecule has 3 heterocycles. The summed E-state index contributed by atoms with van der Waals surface area (Å²) in [5.74, 6) is 0.401. The van der Waals surface area contributed by atoms with E-state index in [2.05, 4.69) is 15.2 Å². The summed E-state index contributed by atoms with van der Waals surface area (Å²) in [5.41, 5.74) is 2.30. The molecule has 0 amide bonds. The highest BCUT2D eigenvalue weighted by atomic mass is 19.1. The maximum atomic E-state index is 13.1. The zero-order valence-corrected chi connectivity index (χ0v) is 15.0. The zero-order valence-electron chi connectivity index (χ0n) is 15.0. The molecule has 0 bridgehead atoms. The van der Waals surface area contributed by atoms with Crippen LogP contribution in [0.2, 0.25) is 0 Å². The van der Waals surface area contributed by atoms with Crippen molar-refractivity contribution in [3.8, 4) is 11.3 Å². The van der Waals surface area contributed by atoms with Crippen LogP contribution in [0.5, 0.6) is 0 Å². The number of aromatic nitrogens is 3. The van der Waals surface area contributed by atoms with E-state index in [1.54, 1.807) is 42.2 Å². The van der Waals surface area contributed by atoms with Crippen LogP contribution < -0.4 is 15.8 Å². The van der Waals surface area contributed by atoms with Crippen LogP contribution in [-0.4, -0.2) is 33.7 Å². The molecule has 1 N–H and O–H groups in total. The first-order valence-electron chi connectivity index (χ1n) is 8.86. The molecule has 1 aromatic carbocycles. The van der Waals surface area contributed by atoms with Gasteiger partial charge in [-0.1, -0.05) is 0 Å². The van der Waals surface area contributed by atoms with E-state index in [9.17, 15) is 9.18 Å². The molecule has 138 valence electrons. The number of anilines is 2. The summed E-state index contributed by atoms with van der Waals surface area (Å²) in [7, 11) is 1.74. The predicted molar refractivity (Wildman–Crippen MR) is 103 cm³/mol. The van der Waals surface area contributed by atoms with Crippen LogP contribution in [0.3, 0.4) is 0 Å². The van der Waals surface area contributed by atoms with Crippen molar-refractivity contribution >= 4 is 11.6 Å². The van der Waals surface area contributed by atoms with Crippen LogP contribution >= 0.6 is 0 Å². The first kappa shape index (κ1) is 17.2. The van der Waals surface area contributed by atoms with Crippen molar-refractivity contribution in [2.24, 2.45) is 7.05 Å². The summed E-state index contributed by atoms with van der Waals surface area (Å²) in [5, 5.41) is 3.42. The molecule has 0 saturated carbocycles. The van der Waals surface area contributed by atoms with Gasteiger partial charge in [0.1, 0.15) is 5.82 Å². The summed E-state index contributed by atoms with van der Waals surface area (Å²) < 4.78 is 14.6. The molecule has 2 aromatic heterocycles. The van der Waals surface area contributed by atoms with Crippen LogP contribution in [0.1, 0.15) is 6.42 Å². The van der Waals surface area contributed by atoms with Gasteiger partial charge in [-0.15, -0.1) is 0 Å². The molecular weight excluding hydrogens is 345 g/mol. The fourth-order valence-corrected chi connectivity index (χ4v) is 3.32. The fraction of sp³-hybridized carbons (Fsp3) is 0.250. The van der Waals surface area contributed by atoms with E-state index in [4.69, 9.17) is 4.98 Å². The smallest absolute Gasteiger partial charge is 0.255 e. The van der Waals surface area contributed by atoms with E-state index in [0.29, 0.717) is 11.6 Å². The monoisotopic (exact) mass is 365 g/mol. The fourth-order valence-electron chi connectivity index (χ4n) is 3.32. The average molecular weight is 365 g/mol. The van der Waals surface area contributed by atoms with Gasteiger partial charge in [-0.2, -0.15) is 0 Å². The Balaban J connectivity index is 1.56. The average Bonchev–Trinajstić information content (AvgIpc) is 3.14. The molecule has 0 aliphatic carbocycles. The summed E-state index contributed by atoms with van der Waals surface area (Å²) in [6.45, 7) is 1.51. The second kappa shape index (κ2) is 7.19. The molecule has 4 rings (SSSR count). The lowest BCUT2D eigenvalue weighted by Crippen LogP contribution is -2.32. The van der Waals surface area contributed by atoms with Gasteiger partial charge in [0.15, 0.2) is 0 Å². The van der Waals surface area contributed by atoms with Crippen molar-refractivity contribution in [1.29, 1.82) is 0 Å². The van der Waals surface area contributed by atoms with Crippen molar-refractivity contribution < 1.29 is 4.39 Å². The maximum absolute atomic E-state index is 13.1. The molecule has 27 heavy (non-hydrogen) atoms. The van der Waals surface area contributed by atoms with Gasteiger partial charge in [-0.3, -0.25) is 14.3 Å². The summed E-state index contributed by atoms with van der Waals surface area (Å²) in [4.78, 5) is 23.3. The van der Waals surface area contributed by atoms with Crippen LogP contribution in [0.4, 0.5) is 16.0 Å². The van der Waals surface area contributed by atoms with Gasteiger partial charge >= 0.3 is 0 Å². The first-order valence-corrected chi connectivity index (χ1v) is 8.86. The number of hydrogen-bond donors (Lipinski definition) is 1. The van der Waals surface area contributed by atoms with E-state index in [1.807, 2.05) is 12.1 Å². The van der Waals surface area contributed by atoms with Crippen molar-refractivity contribution in [3.63, 3.8) is 0 Å². The van der Waals surface area contributed by atoms with E-state index >= 15 is 0 Å². The zero-order chi connectivity index (χ0) is 18.8. The summed E-state index contributed by atoms with van der Waals surface area (Å²) >= 11 is 0. The van der Waals surface area contributed by atoms with Crippen LogP contribution in [0.15, 0.2) is 59.7 Å². The summed E-state index contributed by atoms with van der Waals surface area (Å²) in [6.07, 6.45) is 4.28. The number of pyridine rings is 1. The highest BCUT2D eigenvalue weighted by Crippen LogP contribution is 2.23. The number of nitrogens with one attached hydrogen (secondary N) is 1. The number of rotatable bonds is 4. The van der Waals surface area contributed by atoms with Crippen molar-refractivity contribution in [1.82, 2.24) is 14.5 Å². The largest absolute Gasteiger partial charge is 0.380 e. The Morgan fingerprint density at radius 2 is 1.89 bits per heavy atom. The molecule has 7 heteroatoms. The molecule has 1 saturated heterocycles. The molecule has 1 aliphatic heterocycles. The van der Waals surface area contributed by atoms with E-state index in [-0.39, 0.29) is 17.4 Å². The lowest BCUT2D eigenvalue weighted by molar-refractivity contribution is 0.628. The Morgan fingerprint density at radius 1 is 1.15 bits per heavy atom. The highest BCUT2D eigenvalue weighted by molar-refractivity contribution is 5.59. The van der Waals surface area contributed by atoms with Crippen molar-refractivity contribution in [2.45, 2.75) is 12.5 Å². The highest BCUT2D eigenvalue weighted by Gasteiger charge is 2.25. The topological polar surface area (TPSA) is 63.1 Å². The van der Waals surface area contributed by atoms with E-state index in [0.717, 1.165) is 30.8 Å². The second-order valence-electron chi connectivity index (χ2n) is 6.66. The maximum Gasteiger partial charge on any atom is 0.255 e. The second-order valence-corrected chi connectivity index (χ2v) is 6.66. The quantitative estimate of drug-likeness (QED) is 0.770. The molecule has 3 aromatic rings. The Hall–Kier alpha value is -3.22. The van der Waals surface area contributed by atoms with Gasteiger partial charge in [0, 0.05) is 55.9 Å². The number of nitrogens with zero attached hydrogens (tertiary/aromatic N) is 4. The Kier molecular flexibility index (Phi) is 4.58. The van der Waals surface area contributed by atoms with Crippen molar-refractivity contribution in [3.05, 3.63) is 71.0 Å². The third kappa shape index (κ3) is 3.67. The van der Waals surface area contributed by atoms with Crippen LogP contribution in [-0.2, 0) is 7.05 Å². The molecule has 6 nitrogen and oxygen atoms in total. The minimum atomic E-state index is -0.249. The van der Waals surface area contributed by atoms with Gasteiger partial charge < -0.3 is 10.2 Å². The molecule has 0 spiro atoms. The van der Waals surface area contributed by atoms with Crippen molar-refractivity contribution in [2.75, 3.05) is 23.3 Å². The van der Waals surface area contributed by atoms with Gasteiger partial charge in [0.05, 0.1) is 5.69 Å². The van der Waals surface area contributed by atoms with Gasteiger partial charge in [0.2, 0.25) is 5.95 Å².